The molecule has 1 N–H and O–H groups in total. The van der Waals surface area contributed by atoms with Gasteiger partial charge in [-0.3, -0.25) is 10.0 Å². The van der Waals surface area contributed by atoms with Crippen LogP contribution >= 0.6 is 0 Å². The summed E-state index contributed by atoms with van der Waals surface area (Å²) in [5.41, 5.74) is -1.29. The molecular weight excluding hydrogens is 314 g/mol. The standard InChI is InChI=1S/C17H21NO6/c1-2-23-15(20)17(11-7-6-10-14(17)19)18(22)16(21)24-12-13-8-4-3-5-9-13/h3-5,8-9,22H,2,6-7,10-12H2,1H3. The first-order valence-electron chi connectivity index (χ1n) is 7.92. The number of hydroxylamine groups is 2. The van der Waals surface area contributed by atoms with Gasteiger partial charge in [0.25, 0.3) is 0 Å². The second kappa shape index (κ2) is 7.92. The number of carbonyl (C=O) groups excluding carboxylic acids is 3. The molecule has 0 aromatic heterocycles. The van der Waals surface area contributed by atoms with Crippen LogP contribution in [0.15, 0.2) is 30.3 Å². The minimum atomic E-state index is -2.01. The number of esters is 1. The normalized spacial score (nSPS) is 20.3. The van der Waals surface area contributed by atoms with Gasteiger partial charge in [0.1, 0.15) is 6.61 Å². The zero-order valence-corrected chi connectivity index (χ0v) is 13.6. The van der Waals surface area contributed by atoms with Crippen molar-refractivity contribution in [3.63, 3.8) is 0 Å². The van der Waals surface area contributed by atoms with Crippen LogP contribution in [0.1, 0.15) is 38.2 Å². The maximum atomic E-state index is 12.3. The molecule has 1 atom stereocenters. The van der Waals surface area contributed by atoms with Gasteiger partial charge in [0.2, 0.25) is 5.54 Å². The van der Waals surface area contributed by atoms with Gasteiger partial charge in [-0.15, -0.1) is 0 Å². The van der Waals surface area contributed by atoms with Gasteiger partial charge >= 0.3 is 12.1 Å². The lowest BCUT2D eigenvalue weighted by molar-refractivity contribution is -0.195. The second-order valence-electron chi connectivity index (χ2n) is 5.56. The summed E-state index contributed by atoms with van der Waals surface area (Å²) in [5.74, 6) is -1.46. The lowest BCUT2D eigenvalue weighted by Gasteiger charge is -2.37. The Morgan fingerprint density at radius 1 is 1.21 bits per heavy atom. The van der Waals surface area contributed by atoms with E-state index in [1.807, 2.05) is 6.07 Å². The number of ether oxygens (including phenoxy) is 2. The highest BCUT2D eigenvalue weighted by Crippen LogP contribution is 2.32. The fraction of sp³-hybridized carbons (Fsp3) is 0.471. The van der Waals surface area contributed by atoms with Crippen LogP contribution in [0.2, 0.25) is 0 Å². The lowest BCUT2D eigenvalue weighted by atomic mass is 9.80. The molecule has 0 radical (unpaired) electrons. The molecule has 0 aliphatic heterocycles. The van der Waals surface area contributed by atoms with E-state index < -0.39 is 23.4 Å². The first-order valence-corrected chi connectivity index (χ1v) is 7.92. The number of carbonyl (C=O) groups is 3. The van der Waals surface area contributed by atoms with E-state index in [0.29, 0.717) is 12.8 Å². The zero-order valence-electron chi connectivity index (χ0n) is 13.6. The van der Waals surface area contributed by atoms with Crippen LogP contribution in [0.4, 0.5) is 4.79 Å². The first kappa shape index (κ1) is 17.9. The van der Waals surface area contributed by atoms with Crippen LogP contribution < -0.4 is 0 Å². The summed E-state index contributed by atoms with van der Waals surface area (Å²) in [6.45, 7) is 1.55. The molecule has 0 bridgehead atoms. The predicted molar refractivity (Wildman–Crippen MR) is 83.1 cm³/mol. The number of ketones is 1. The largest absolute Gasteiger partial charge is 0.464 e. The maximum Gasteiger partial charge on any atom is 0.435 e. The van der Waals surface area contributed by atoms with Gasteiger partial charge in [-0.05, 0) is 31.7 Å². The van der Waals surface area contributed by atoms with Crippen molar-refractivity contribution in [1.29, 1.82) is 0 Å². The number of benzene rings is 1. The Labute approximate surface area is 140 Å². The average Bonchev–Trinajstić information content (AvgIpc) is 2.60. The SMILES string of the molecule is CCOC(=O)C1(N(O)C(=O)OCc2ccccc2)CCCCC1=O. The molecule has 24 heavy (non-hydrogen) atoms. The van der Waals surface area contributed by atoms with E-state index in [4.69, 9.17) is 9.47 Å². The van der Waals surface area contributed by atoms with Gasteiger partial charge in [-0.25, -0.2) is 9.59 Å². The Morgan fingerprint density at radius 2 is 1.92 bits per heavy atom. The minimum absolute atomic E-state index is 0.0155. The van der Waals surface area contributed by atoms with E-state index in [1.165, 1.54) is 0 Å². The quantitative estimate of drug-likeness (QED) is 0.384. The number of hydrogen-bond acceptors (Lipinski definition) is 6. The van der Waals surface area contributed by atoms with Crippen LogP contribution in [-0.4, -0.2) is 40.3 Å². The monoisotopic (exact) mass is 335 g/mol. The molecule has 2 rings (SSSR count). The summed E-state index contributed by atoms with van der Waals surface area (Å²) in [7, 11) is 0. The van der Waals surface area contributed by atoms with Crippen molar-refractivity contribution in [2.45, 2.75) is 44.8 Å². The third-order valence-corrected chi connectivity index (χ3v) is 4.01. The van der Waals surface area contributed by atoms with E-state index in [-0.39, 0.29) is 31.1 Å². The molecule has 1 aromatic rings. The van der Waals surface area contributed by atoms with Gasteiger partial charge in [0, 0.05) is 6.42 Å². The van der Waals surface area contributed by atoms with Crippen molar-refractivity contribution in [1.82, 2.24) is 5.06 Å². The minimum Gasteiger partial charge on any atom is -0.464 e. The van der Waals surface area contributed by atoms with E-state index in [2.05, 4.69) is 0 Å². The Bertz CT molecular complexity index is 602. The van der Waals surface area contributed by atoms with Gasteiger partial charge in [0.05, 0.1) is 6.61 Å². The molecule has 0 spiro atoms. The average molecular weight is 335 g/mol. The fourth-order valence-electron chi connectivity index (χ4n) is 2.73. The highest BCUT2D eigenvalue weighted by molar-refractivity contribution is 6.10. The molecule has 1 unspecified atom stereocenters. The number of nitrogens with zero attached hydrogens (tertiary/aromatic N) is 1. The maximum absolute atomic E-state index is 12.3. The highest BCUT2D eigenvalue weighted by Gasteiger charge is 2.55. The summed E-state index contributed by atoms with van der Waals surface area (Å²) in [5, 5.41) is 10.4. The predicted octanol–water partition coefficient (Wildman–Crippen LogP) is 2.46. The molecule has 1 aliphatic carbocycles. The molecule has 0 heterocycles. The fourth-order valence-corrected chi connectivity index (χ4v) is 2.73. The van der Waals surface area contributed by atoms with Crippen molar-refractivity contribution in [3.8, 4) is 0 Å². The molecule has 130 valence electrons. The molecule has 1 aromatic carbocycles. The molecule has 1 aliphatic rings. The first-order chi connectivity index (χ1) is 11.5. The van der Waals surface area contributed by atoms with Crippen LogP contribution in [-0.2, 0) is 25.7 Å². The second-order valence-corrected chi connectivity index (χ2v) is 5.56. The Kier molecular flexibility index (Phi) is 5.92. The van der Waals surface area contributed by atoms with Gasteiger partial charge in [0.15, 0.2) is 5.78 Å². The summed E-state index contributed by atoms with van der Waals surface area (Å²) in [6.07, 6.45) is 0.0892. The van der Waals surface area contributed by atoms with Crippen molar-refractivity contribution >= 4 is 17.8 Å². The number of hydrogen-bond donors (Lipinski definition) is 1. The molecular formula is C17H21NO6. The summed E-state index contributed by atoms with van der Waals surface area (Å²) < 4.78 is 9.94. The number of rotatable bonds is 5. The van der Waals surface area contributed by atoms with E-state index in [1.54, 1.807) is 31.2 Å². The van der Waals surface area contributed by atoms with Gasteiger partial charge in [-0.2, -0.15) is 5.06 Å². The van der Waals surface area contributed by atoms with Crippen LogP contribution in [0, 0.1) is 0 Å². The van der Waals surface area contributed by atoms with Crippen molar-refractivity contribution < 1.29 is 29.1 Å². The van der Waals surface area contributed by atoms with Gasteiger partial charge < -0.3 is 9.47 Å². The van der Waals surface area contributed by atoms with Crippen molar-refractivity contribution in [3.05, 3.63) is 35.9 Å². The van der Waals surface area contributed by atoms with Gasteiger partial charge in [-0.1, -0.05) is 30.3 Å². The van der Waals surface area contributed by atoms with E-state index in [9.17, 15) is 19.6 Å². The highest BCUT2D eigenvalue weighted by atomic mass is 16.6. The van der Waals surface area contributed by atoms with E-state index in [0.717, 1.165) is 5.56 Å². The molecule has 1 fully saturated rings. The van der Waals surface area contributed by atoms with Crippen LogP contribution in [0.3, 0.4) is 0 Å². The summed E-state index contributed by atoms with van der Waals surface area (Å²) in [6, 6.07) is 8.89. The number of Topliss-reactive ketones (excluding diaryl/α,β-unsaturated/α-hetero) is 1. The zero-order chi connectivity index (χ0) is 17.6. The molecule has 1 saturated carbocycles. The number of amides is 1. The van der Waals surface area contributed by atoms with Crippen LogP contribution in [0.5, 0.6) is 0 Å². The summed E-state index contributed by atoms with van der Waals surface area (Å²) >= 11 is 0. The lowest BCUT2D eigenvalue weighted by Crippen LogP contribution is -2.62. The smallest absolute Gasteiger partial charge is 0.435 e. The topological polar surface area (TPSA) is 93.1 Å². The van der Waals surface area contributed by atoms with E-state index >= 15 is 0 Å². The Balaban J connectivity index is 2.14. The van der Waals surface area contributed by atoms with Crippen molar-refractivity contribution in [2.75, 3.05) is 6.61 Å². The molecule has 7 heteroatoms. The van der Waals surface area contributed by atoms with Crippen LogP contribution in [0.25, 0.3) is 0 Å². The molecule has 0 saturated heterocycles. The Hall–Kier alpha value is -2.41. The Morgan fingerprint density at radius 3 is 2.54 bits per heavy atom. The third-order valence-electron chi connectivity index (χ3n) is 4.01. The third kappa shape index (κ3) is 3.56. The summed E-state index contributed by atoms with van der Waals surface area (Å²) in [4.78, 5) is 36.8. The van der Waals surface area contributed by atoms with Crippen molar-refractivity contribution in [2.24, 2.45) is 0 Å². The molecule has 7 nitrogen and oxygen atoms in total. The molecule has 1 amide bonds.